The van der Waals surface area contributed by atoms with Gasteiger partial charge in [0.15, 0.2) is 0 Å². The van der Waals surface area contributed by atoms with Gasteiger partial charge in [0.1, 0.15) is 5.83 Å². The van der Waals surface area contributed by atoms with Crippen LogP contribution < -0.4 is 5.32 Å². The Hall–Kier alpha value is -3.47. The second-order valence-corrected chi connectivity index (χ2v) is 7.35. The molecule has 1 amide bonds. The van der Waals surface area contributed by atoms with Crippen LogP contribution in [0.15, 0.2) is 66.5 Å². The van der Waals surface area contributed by atoms with Crippen LogP contribution in [0.2, 0.25) is 0 Å². The van der Waals surface area contributed by atoms with Gasteiger partial charge in [-0.05, 0) is 53.5 Å². The van der Waals surface area contributed by atoms with E-state index in [1.807, 2.05) is 61.5 Å². The van der Waals surface area contributed by atoms with Crippen molar-refractivity contribution in [2.45, 2.75) is 19.8 Å². The molecule has 4 nitrogen and oxygen atoms in total. The van der Waals surface area contributed by atoms with Crippen molar-refractivity contribution in [3.8, 4) is 0 Å². The van der Waals surface area contributed by atoms with Crippen LogP contribution in [0.5, 0.6) is 0 Å². The van der Waals surface area contributed by atoms with Crippen LogP contribution in [-0.4, -0.2) is 16.1 Å². The molecule has 1 heterocycles. The van der Waals surface area contributed by atoms with Crippen molar-refractivity contribution >= 4 is 34.6 Å². The van der Waals surface area contributed by atoms with E-state index in [1.54, 1.807) is 6.08 Å². The van der Waals surface area contributed by atoms with Gasteiger partial charge in [0.2, 0.25) is 5.91 Å². The molecule has 0 saturated carbocycles. The predicted octanol–water partition coefficient (Wildman–Crippen LogP) is 6.33. The quantitative estimate of drug-likeness (QED) is 0.511. The maximum Gasteiger partial charge on any atom is 0.221 e. The molecular weight excluding hydrogens is 365 g/mol. The first-order valence-corrected chi connectivity index (χ1v) is 9.59. The van der Waals surface area contributed by atoms with Gasteiger partial charge in [0.05, 0.1) is 11.2 Å². The number of hydrogen-bond donors (Lipinski definition) is 2. The lowest BCUT2D eigenvalue weighted by atomic mass is 9.85. The number of aromatic amines is 1. The van der Waals surface area contributed by atoms with Crippen molar-refractivity contribution in [2.24, 2.45) is 5.92 Å². The van der Waals surface area contributed by atoms with Crippen LogP contribution in [0, 0.1) is 5.92 Å². The number of aromatic nitrogens is 2. The number of carbonyl (C=O) groups is 1. The third kappa shape index (κ3) is 4.19. The van der Waals surface area contributed by atoms with Crippen molar-refractivity contribution < 1.29 is 12.0 Å². The van der Waals surface area contributed by atoms with E-state index in [1.165, 1.54) is 13.0 Å². The fraction of sp³-hybridized carbons (Fsp3) is 0.167. The summed E-state index contributed by atoms with van der Waals surface area (Å²) < 4.78 is 13.5. The average molecular weight is 391 g/mol. The zero-order valence-corrected chi connectivity index (χ0v) is 16.3. The molecule has 150 valence electrons. The Morgan fingerprint density at radius 2 is 1.90 bits per heavy atom. The molecule has 0 fully saturated rings. The van der Waals surface area contributed by atoms with Crippen LogP contribution in [0.25, 0.3) is 23.1 Å². The molecule has 2 unspecified atom stereocenters. The van der Waals surface area contributed by atoms with Crippen LogP contribution >= 0.6 is 0 Å². The summed E-state index contributed by atoms with van der Waals surface area (Å²) in [4.78, 5) is 11.1. The first kappa shape index (κ1) is 18.9. The standard InChI is InChI=1S/C24H22FN3O.2H2/c1-15-13-19(25)8-11-21(15)24-22-14-18(7-12-23(22)27-28-24)4-3-17-5-9-20(10-6-17)26-16(2)29;;/h3-15,21H,1-2H3,(H,26,29)(H,27,28);2*1H/b4-3+;;. The number of anilines is 1. The van der Waals surface area contributed by atoms with Crippen molar-refractivity contribution in [3.05, 3.63) is 83.3 Å². The lowest BCUT2D eigenvalue weighted by Crippen LogP contribution is -2.09. The highest BCUT2D eigenvalue weighted by Crippen LogP contribution is 2.35. The average Bonchev–Trinajstić information content (AvgIpc) is 3.10. The molecule has 2 atom stereocenters. The second-order valence-electron chi connectivity index (χ2n) is 7.35. The van der Waals surface area contributed by atoms with Gasteiger partial charge < -0.3 is 5.32 Å². The molecule has 0 bridgehead atoms. The third-order valence-electron chi connectivity index (χ3n) is 5.09. The maximum absolute atomic E-state index is 13.5. The second kappa shape index (κ2) is 7.87. The number of nitrogens with one attached hydrogen (secondary N) is 2. The van der Waals surface area contributed by atoms with Gasteiger partial charge in [-0.25, -0.2) is 4.39 Å². The van der Waals surface area contributed by atoms with Crippen molar-refractivity contribution in [1.82, 2.24) is 10.2 Å². The number of nitrogens with zero attached hydrogens (tertiary/aromatic N) is 1. The van der Waals surface area contributed by atoms with Crippen LogP contribution in [0.4, 0.5) is 10.1 Å². The van der Waals surface area contributed by atoms with Crippen molar-refractivity contribution in [2.75, 3.05) is 5.32 Å². The summed E-state index contributed by atoms with van der Waals surface area (Å²) >= 11 is 0. The molecule has 1 aliphatic rings. The summed E-state index contributed by atoms with van der Waals surface area (Å²) in [7, 11) is 0. The molecule has 4 rings (SSSR count). The Bertz CT molecular complexity index is 1150. The van der Waals surface area contributed by atoms with Crippen LogP contribution in [0.1, 0.15) is 39.4 Å². The molecular formula is C24H26FN3O. The zero-order chi connectivity index (χ0) is 20.4. The Kier molecular flexibility index (Phi) is 5.12. The number of allylic oxidation sites excluding steroid dienone is 4. The Balaban J connectivity index is 0.00000171. The van der Waals surface area contributed by atoms with Gasteiger partial charge in [-0.15, -0.1) is 0 Å². The van der Waals surface area contributed by atoms with Gasteiger partial charge in [-0.2, -0.15) is 5.10 Å². The van der Waals surface area contributed by atoms with Crippen molar-refractivity contribution in [3.63, 3.8) is 0 Å². The number of fused-ring (bicyclic) bond motifs is 1. The number of hydrogen-bond acceptors (Lipinski definition) is 2. The highest BCUT2D eigenvalue weighted by Gasteiger charge is 2.22. The summed E-state index contributed by atoms with van der Waals surface area (Å²) in [6, 6.07) is 13.8. The lowest BCUT2D eigenvalue weighted by molar-refractivity contribution is -0.114. The molecule has 2 N–H and O–H groups in total. The predicted molar refractivity (Wildman–Crippen MR) is 120 cm³/mol. The number of rotatable bonds is 4. The van der Waals surface area contributed by atoms with Crippen LogP contribution in [0.3, 0.4) is 0 Å². The molecule has 5 heteroatoms. The van der Waals surface area contributed by atoms with Crippen molar-refractivity contribution in [1.29, 1.82) is 0 Å². The molecule has 0 saturated heterocycles. The minimum Gasteiger partial charge on any atom is -0.326 e. The summed E-state index contributed by atoms with van der Waals surface area (Å²) in [5, 5.41) is 11.4. The summed E-state index contributed by atoms with van der Waals surface area (Å²) in [5.41, 5.74) is 4.77. The van der Waals surface area contributed by atoms with Gasteiger partial charge in [0.25, 0.3) is 0 Å². The Morgan fingerprint density at radius 3 is 2.62 bits per heavy atom. The number of halogens is 1. The first-order chi connectivity index (χ1) is 14.0. The number of benzene rings is 2. The third-order valence-corrected chi connectivity index (χ3v) is 5.09. The van der Waals surface area contributed by atoms with E-state index in [0.29, 0.717) is 0 Å². The van der Waals surface area contributed by atoms with Gasteiger partial charge in [-0.1, -0.05) is 43.4 Å². The highest BCUT2D eigenvalue weighted by molar-refractivity contribution is 5.89. The normalized spacial score (nSPS) is 18.9. The fourth-order valence-corrected chi connectivity index (χ4v) is 3.62. The highest BCUT2D eigenvalue weighted by atomic mass is 19.1. The number of amides is 1. The number of H-pyrrole nitrogens is 1. The molecule has 1 aromatic heterocycles. The van der Waals surface area contributed by atoms with E-state index in [-0.39, 0.29) is 26.4 Å². The minimum atomic E-state index is -0.189. The monoisotopic (exact) mass is 391 g/mol. The van der Waals surface area contributed by atoms with E-state index in [4.69, 9.17) is 0 Å². The summed E-state index contributed by atoms with van der Waals surface area (Å²) in [6.07, 6.45) is 9.13. The Morgan fingerprint density at radius 1 is 1.17 bits per heavy atom. The van der Waals surface area contributed by atoms with E-state index >= 15 is 0 Å². The molecule has 1 aliphatic carbocycles. The fourth-order valence-electron chi connectivity index (χ4n) is 3.62. The van der Waals surface area contributed by atoms with Gasteiger partial charge in [0, 0.05) is 26.8 Å². The molecule has 0 aliphatic heterocycles. The van der Waals surface area contributed by atoms with E-state index in [0.717, 1.165) is 33.4 Å². The lowest BCUT2D eigenvalue weighted by Gasteiger charge is -2.20. The Labute approximate surface area is 171 Å². The first-order valence-electron chi connectivity index (χ1n) is 9.59. The number of carbonyl (C=O) groups excluding carboxylic acids is 1. The summed E-state index contributed by atoms with van der Waals surface area (Å²) in [6.45, 7) is 3.50. The maximum atomic E-state index is 13.5. The van der Waals surface area contributed by atoms with E-state index < -0.39 is 0 Å². The molecule has 0 spiro atoms. The van der Waals surface area contributed by atoms with Crippen LogP contribution in [-0.2, 0) is 4.79 Å². The molecule has 29 heavy (non-hydrogen) atoms. The topological polar surface area (TPSA) is 57.8 Å². The van der Waals surface area contributed by atoms with E-state index in [9.17, 15) is 9.18 Å². The SMILES string of the molecule is CC(=O)Nc1ccc(/C=C/c2ccc3n[nH]c(C4C=CC(F)=CC4C)c3c2)cc1.[HH].[HH]. The van der Waals surface area contributed by atoms with Gasteiger partial charge in [-0.3, -0.25) is 9.89 Å². The molecule has 3 aromatic rings. The van der Waals surface area contributed by atoms with Gasteiger partial charge >= 0.3 is 0 Å². The zero-order valence-electron chi connectivity index (χ0n) is 16.3. The minimum absolute atomic E-state index is 0. The molecule has 2 aromatic carbocycles. The smallest absolute Gasteiger partial charge is 0.221 e. The molecule has 0 radical (unpaired) electrons. The largest absolute Gasteiger partial charge is 0.326 e. The van der Waals surface area contributed by atoms with E-state index in [2.05, 4.69) is 21.6 Å². The summed E-state index contributed by atoms with van der Waals surface area (Å²) in [5.74, 6) is -0.145.